The van der Waals surface area contributed by atoms with Crippen molar-refractivity contribution in [3.63, 3.8) is 0 Å². The minimum atomic E-state index is -0.781. The summed E-state index contributed by atoms with van der Waals surface area (Å²) in [5, 5.41) is 10.8. The van der Waals surface area contributed by atoms with Crippen LogP contribution in [0.4, 0.5) is 5.69 Å². The van der Waals surface area contributed by atoms with Gasteiger partial charge in [0.05, 0.1) is 16.2 Å². The van der Waals surface area contributed by atoms with Crippen LogP contribution >= 0.6 is 11.6 Å². The second-order valence-electron chi connectivity index (χ2n) is 5.45. The molecule has 9 heteroatoms. The summed E-state index contributed by atoms with van der Waals surface area (Å²) in [6, 6.07) is 10.1. The number of halogens is 1. The van der Waals surface area contributed by atoms with Crippen molar-refractivity contribution < 1.29 is 14.5 Å². The zero-order chi connectivity index (χ0) is 18.8. The summed E-state index contributed by atoms with van der Waals surface area (Å²) < 4.78 is 6.55. The molecule has 0 amide bonds. The van der Waals surface area contributed by atoms with Crippen molar-refractivity contribution in [2.24, 2.45) is 0 Å². The molecule has 0 aliphatic rings. The van der Waals surface area contributed by atoms with Gasteiger partial charge in [0.2, 0.25) is 0 Å². The van der Waals surface area contributed by atoms with E-state index in [1.54, 1.807) is 25.1 Å². The van der Waals surface area contributed by atoms with Gasteiger partial charge in [0.25, 0.3) is 11.2 Å². The smallest absolute Gasteiger partial charge is 0.338 e. The van der Waals surface area contributed by atoms with E-state index in [-0.39, 0.29) is 28.4 Å². The van der Waals surface area contributed by atoms with E-state index in [9.17, 15) is 19.7 Å². The number of pyridine rings is 1. The fourth-order valence-corrected chi connectivity index (χ4v) is 2.63. The van der Waals surface area contributed by atoms with Gasteiger partial charge >= 0.3 is 5.97 Å². The van der Waals surface area contributed by atoms with Crippen LogP contribution in [0.15, 0.2) is 47.3 Å². The molecule has 0 atom stereocenters. The molecule has 0 spiro atoms. The summed E-state index contributed by atoms with van der Waals surface area (Å²) in [5.74, 6) is -0.781. The van der Waals surface area contributed by atoms with Crippen molar-refractivity contribution in [1.29, 1.82) is 0 Å². The number of aromatic nitrogens is 2. The number of nitro benzene ring substituents is 1. The summed E-state index contributed by atoms with van der Waals surface area (Å²) in [6.07, 6.45) is 0. The van der Waals surface area contributed by atoms with Crippen LogP contribution in [-0.4, -0.2) is 20.3 Å². The fraction of sp³-hybridized carbons (Fsp3) is 0.118. The van der Waals surface area contributed by atoms with Crippen LogP contribution in [0.5, 0.6) is 0 Å². The van der Waals surface area contributed by atoms with E-state index in [0.29, 0.717) is 5.65 Å². The normalized spacial score (nSPS) is 10.7. The van der Waals surface area contributed by atoms with Crippen LogP contribution in [0.25, 0.3) is 5.65 Å². The minimum Gasteiger partial charge on any atom is -0.456 e. The predicted molar refractivity (Wildman–Crippen MR) is 93.4 cm³/mol. The van der Waals surface area contributed by atoms with E-state index in [4.69, 9.17) is 16.3 Å². The predicted octanol–water partition coefficient (Wildman–Crippen LogP) is 2.92. The van der Waals surface area contributed by atoms with Crippen LogP contribution in [0, 0.1) is 17.0 Å². The third kappa shape index (κ3) is 3.40. The number of ether oxygens (including phenoxy) is 1. The van der Waals surface area contributed by atoms with Gasteiger partial charge in [-0.1, -0.05) is 17.7 Å². The third-order valence-electron chi connectivity index (χ3n) is 3.66. The van der Waals surface area contributed by atoms with Crippen molar-refractivity contribution in [2.75, 3.05) is 0 Å². The first kappa shape index (κ1) is 17.6. The summed E-state index contributed by atoms with van der Waals surface area (Å²) in [4.78, 5) is 38.8. The van der Waals surface area contributed by atoms with Gasteiger partial charge in [0.15, 0.2) is 0 Å². The Hall–Kier alpha value is -3.26. The number of nitrogens with zero attached hydrogens (tertiary/aromatic N) is 3. The number of benzene rings is 1. The second-order valence-corrected chi connectivity index (χ2v) is 5.85. The number of carbonyl (C=O) groups is 1. The SMILES string of the molecule is Cc1cccc2nc(COC(=O)c3ccc(Cl)c([N+](=O)[O-])c3)cc(=O)n12. The van der Waals surface area contributed by atoms with E-state index < -0.39 is 16.6 Å². The summed E-state index contributed by atoms with van der Waals surface area (Å²) in [6.45, 7) is 1.54. The lowest BCUT2D eigenvalue weighted by atomic mass is 10.2. The Morgan fingerprint density at radius 1 is 1.31 bits per heavy atom. The van der Waals surface area contributed by atoms with Crippen LogP contribution < -0.4 is 5.56 Å². The standard InChI is InChI=1S/C17H12ClN3O5/c1-10-3-2-4-15-19-12(8-16(22)20(10)15)9-26-17(23)11-5-6-13(18)14(7-11)21(24)25/h2-8H,9H2,1H3. The average molecular weight is 374 g/mol. The van der Waals surface area contributed by atoms with E-state index in [1.807, 2.05) is 0 Å². The monoisotopic (exact) mass is 373 g/mol. The molecule has 0 aliphatic heterocycles. The number of aryl methyl sites for hydroxylation is 1. The minimum absolute atomic E-state index is 0.0190. The van der Waals surface area contributed by atoms with Gasteiger partial charge in [0, 0.05) is 17.8 Å². The van der Waals surface area contributed by atoms with Gasteiger partial charge in [-0.2, -0.15) is 0 Å². The number of esters is 1. The zero-order valence-corrected chi connectivity index (χ0v) is 14.3. The van der Waals surface area contributed by atoms with E-state index in [0.717, 1.165) is 11.8 Å². The molecule has 3 aromatic rings. The number of hydrogen-bond donors (Lipinski definition) is 0. The first-order chi connectivity index (χ1) is 12.4. The van der Waals surface area contributed by atoms with Gasteiger partial charge in [-0.25, -0.2) is 9.78 Å². The highest BCUT2D eigenvalue weighted by atomic mass is 35.5. The summed E-state index contributed by atoms with van der Waals surface area (Å²) in [7, 11) is 0. The molecular formula is C17H12ClN3O5. The zero-order valence-electron chi connectivity index (χ0n) is 13.5. The van der Waals surface area contributed by atoms with Crippen molar-refractivity contribution in [3.8, 4) is 0 Å². The lowest BCUT2D eigenvalue weighted by Gasteiger charge is -2.08. The van der Waals surface area contributed by atoms with E-state index in [1.165, 1.54) is 22.6 Å². The maximum atomic E-state index is 12.2. The number of carbonyl (C=O) groups excluding carboxylic acids is 1. The summed E-state index contributed by atoms with van der Waals surface area (Å²) >= 11 is 5.71. The Balaban J connectivity index is 1.82. The van der Waals surface area contributed by atoms with Crippen molar-refractivity contribution >= 4 is 28.9 Å². The first-order valence-corrected chi connectivity index (χ1v) is 7.84. The molecule has 0 radical (unpaired) electrons. The molecular weight excluding hydrogens is 362 g/mol. The van der Waals surface area contributed by atoms with Crippen molar-refractivity contribution in [1.82, 2.24) is 9.38 Å². The third-order valence-corrected chi connectivity index (χ3v) is 3.98. The molecule has 0 aliphatic carbocycles. The van der Waals surface area contributed by atoms with Crippen molar-refractivity contribution in [2.45, 2.75) is 13.5 Å². The van der Waals surface area contributed by atoms with Crippen LogP contribution in [0.2, 0.25) is 5.02 Å². The molecule has 0 N–H and O–H groups in total. The fourth-order valence-electron chi connectivity index (χ4n) is 2.44. The molecule has 0 bridgehead atoms. The van der Waals surface area contributed by atoms with Gasteiger partial charge in [-0.05, 0) is 31.2 Å². The Morgan fingerprint density at radius 2 is 2.08 bits per heavy atom. The van der Waals surface area contributed by atoms with Crippen LogP contribution in [0.3, 0.4) is 0 Å². The van der Waals surface area contributed by atoms with Crippen LogP contribution in [-0.2, 0) is 11.3 Å². The van der Waals surface area contributed by atoms with Crippen LogP contribution in [0.1, 0.15) is 21.7 Å². The number of nitro groups is 1. The molecule has 2 aromatic heterocycles. The van der Waals surface area contributed by atoms with Crippen molar-refractivity contribution in [3.05, 3.63) is 84.9 Å². The number of rotatable bonds is 4. The maximum absolute atomic E-state index is 12.2. The Labute approximate surface area is 151 Å². The van der Waals surface area contributed by atoms with E-state index >= 15 is 0 Å². The molecule has 132 valence electrons. The maximum Gasteiger partial charge on any atom is 0.338 e. The number of hydrogen-bond acceptors (Lipinski definition) is 6. The largest absolute Gasteiger partial charge is 0.456 e. The highest BCUT2D eigenvalue weighted by molar-refractivity contribution is 6.32. The topological polar surface area (TPSA) is 104 Å². The lowest BCUT2D eigenvalue weighted by Crippen LogP contribution is -2.18. The summed E-state index contributed by atoms with van der Waals surface area (Å²) in [5.41, 5.74) is 0.745. The molecule has 1 aromatic carbocycles. The van der Waals surface area contributed by atoms with Gasteiger partial charge in [-0.3, -0.25) is 19.3 Å². The molecule has 2 heterocycles. The number of fused-ring (bicyclic) bond motifs is 1. The molecule has 26 heavy (non-hydrogen) atoms. The Bertz CT molecular complexity index is 1090. The average Bonchev–Trinajstić information content (AvgIpc) is 2.59. The Morgan fingerprint density at radius 3 is 2.81 bits per heavy atom. The second kappa shape index (κ2) is 6.93. The highest BCUT2D eigenvalue weighted by Gasteiger charge is 2.17. The first-order valence-electron chi connectivity index (χ1n) is 7.46. The van der Waals surface area contributed by atoms with Gasteiger partial charge in [0.1, 0.15) is 17.3 Å². The van der Waals surface area contributed by atoms with Gasteiger partial charge in [-0.15, -0.1) is 0 Å². The molecule has 0 saturated heterocycles. The lowest BCUT2D eigenvalue weighted by molar-refractivity contribution is -0.384. The quantitative estimate of drug-likeness (QED) is 0.395. The van der Waals surface area contributed by atoms with E-state index in [2.05, 4.69) is 4.98 Å². The highest BCUT2D eigenvalue weighted by Crippen LogP contribution is 2.25. The molecule has 8 nitrogen and oxygen atoms in total. The molecule has 0 fully saturated rings. The molecule has 0 unspecified atom stereocenters. The van der Waals surface area contributed by atoms with Gasteiger partial charge < -0.3 is 4.74 Å². The Kier molecular flexibility index (Phi) is 4.68. The molecule has 3 rings (SSSR count). The molecule has 0 saturated carbocycles.